The van der Waals surface area contributed by atoms with Crippen LogP contribution in [-0.2, 0) is 11.3 Å². The van der Waals surface area contributed by atoms with E-state index in [0.29, 0.717) is 19.7 Å². The van der Waals surface area contributed by atoms with E-state index < -0.39 is 6.10 Å². The van der Waals surface area contributed by atoms with Crippen LogP contribution < -0.4 is 10.6 Å². The number of aliphatic imine (C=N–C) groups is 1. The number of guanidine groups is 1. The summed E-state index contributed by atoms with van der Waals surface area (Å²) in [7, 11) is 0. The monoisotopic (exact) mass is 333 g/mol. The average molecular weight is 333 g/mol. The van der Waals surface area contributed by atoms with Crippen molar-refractivity contribution in [3.8, 4) is 0 Å². The highest BCUT2D eigenvalue weighted by molar-refractivity contribution is 5.79. The Morgan fingerprint density at radius 2 is 2.12 bits per heavy atom. The molecule has 1 aromatic rings. The van der Waals surface area contributed by atoms with Crippen molar-refractivity contribution >= 4 is 5.96 Å². The maximum Gasteiger partial charge on any atom is 0.191 e. The highest BCUT2D eigenvalue weighted by Gasteiger charge is 2.21. The highest BCUT2D eigenvalue weighted by atomic mass is 16.5. The maximum absolute atomic E-state index is 9.99. The van der Waals surface area contributed by atoms with Crippen molar-refractivity contribution in [2.75, 3.05) is 26.3 Å². The molecule has 0 aliphatic heterocycles. The van der Waals surface area contributed by atoms with Gasteiger partial charge in [-0.05, 0) is 50.7 Å². The van der Waals surface area contributed by atoms with Crippen molar-refractivity contribution in [3.63, 3.8) is 0 Å². The SMILES string of the molecule is CCNC(=NCc1ccc(C)cc1C)NCC(O)COCC1CC1. The molecular weight excluding hydrogens is 302 g/mol. The second-order valence-electron chi connectivity index (χ2n) is 6.64. The van der Waals surface area contributed by atoms with Gasteiger partial charge >= 0.3 is 0 Å². The standard InChI is InChI=1S/C19H31N3O2/c1-4-20-19(21-10-17-8-5-14(2)9-15(17)3)22-11-18(23)13-24-12-16-6-7-16/h5,8-9,16,18,23H,4,6-7,10-13H2,1-3H3,(H2,20,21,22). The first kappa shape index (κ1) is 18.7. The first-order chi connectivity index (χ1) is 11.6. The molecule has 1 aliphatic carbocycles. The topological polar surface area (TPSA) is 65.9 Å². The van der Waals surface area contributed by atoms with Crippen LogP contribution in [0.15, 0.2) is 23.2 Å². The molecule has 3 N–H and O–H groups in total. The summed E-state index contributed by atoms with van der Waals surface area (Å²) in [6.07, 6.45) is 2.02. The Kier molecular flexibility index (Phi) is 7.53. The maximum atomic E-state index is 9.99. The summed E-state index contributed by atoms with van der Waals surface area (Å²) in [6, 6.07) is 6.41. The van der Waals surface area contributed by atoms with E-state index in [0.717, 1.165) is 25.0 Å². The summed E-state index contributed by atoms with van der Waals surface area (Å²) in [6.45, 7) is 9.23. The third-order valence-corrected chi connectivity index (χ3v) is 4.12. The number of nitrogens with one attached hydrogen (secondary N) is 2. The minimum atomic E-state index is -0.520. The summed E-state index contributed by atoms with van der Waals surface area (Å²) in [4.78, 5) is 4.61. The van der Waals surface area contributed by atoms with Crippen LogP contribution in [0.25, 0.3) is 0 Å². The van der Waals surface area contributed by atoms with Gasteiger partial charge in [-0.3, -0.25) is 0 Å². The van der Waals surface area contributed by atoms with Crippen molar-refractivity contribution in [1.82, 2.24) is 10.6 Å². The lowest BCUT2D eigenvalue weighted by atomic mass is 10.1. The number of hydrogen-bond acceptors (Lipinski definition) is 3. The smallest absolute Gasteiger partial charge is 0.191 e. The van der Waals surface area contributed by atoms with Crippen molar-refractivity contribution in [2.24, 2.45) is 10.9 Å². The first-order valence-corrected chi connectivity index (χ1v) is 8.92. The van der Waals surface area contributed by atoms with Crippen LogP contribution in [0.4, 0.5) is 0 Å². The van der Waals surface area contributed by atoms with E-state index in [-0.39, 0.29) is 0 Å². The third-order valence-electron chi connectivity index (χ3n) is 4.12. The number of ether oxygens (including phenoxy) is 1. The van der Waals surface area contributed by atoms with E-state index in [4.69, 9.17) is 4.74 Å². The first-order valence-electron chi connectivity index (χ1n) is 8.92. The molecule has 5 heteroatoms. The predicted octanol–water partition coefficient (Wildman–Crippen LogP) is 2.15. The molecule has 1 saturated carbocycles. The number of rotatable bonds is 9. The minimum Gasteiger partial charge on any atom is -0.389 e. The van der Waals surface area contributed by atoms with Crippen LogP contribution in [0.1, 0.15) is 36.5 Å². The number of nitrogens with zero attached hydrogens (tertiary/aromatic N) is 1. The van der Waals surface area contributed by atoms with Crippen molar-refractivity contribution < 1.29 is 9.84 Å². The highest BCUT2D eigenvalue weighted by Crippen LogP contribution is 2.28. The van der Waals surface area contributed by atoms with Gasteiger partial charge in [-0.1, -0.05) is 23.8 Å². The van der Waals surface area contributed by atoms with E-state index in [1.807, 2.05) is 6.92 Å². The molecule has 1 aliphatic rings. The van der Waals surface area contributed by atoms with Crippen molar-refractivity contribution in [3.05, 3.63) is 34.9 Å². The quantitative estimate of drug-likeness (QED) is 0.478. The second kappa shape index (κ2) is 9.64. The molecule has 0 aromatic heterocycles. The van der Waals surface area contributed by atoms with E-state index in [9.17, 15) is 5.11 Å². The molecule has 134 valence electrons. The summed E-state index contributed by atoms with van der Waals surface area (Å²) < 4.78 is 5.52. The fourth-order valence-electron chi connectivity index (χ4n) is 2.46. The molecular formula is C19H31N3O2. The van der Waals surface area contributed by atoms with Crippen LogP contribution >= 0.6 is 0 Å². The Labute approximate surface area is 145 Å². The number of aryl methyl sites for hydroxylation is 2. The van der Waals surface area contributed by atoms with Gasteiger partial charge in [-0.25, -0.2) is 4.99 Å². The van der Waals surface area contributed by atoms with E-state index in [1.54, 1.807) is 0 Å². The van der Waals surface area contributed by atoms with E-state index >= 15 is 0 Å². The fraction of sp³-hybridized carbons (Fsp3) is 0.632. The Hall–Kier alpha value is -1.59. The van der Waals surface area contributed by atoms with Crippen LogP contribution in [0, 0.1) is 19.8 Å². The van der Waals surface area contributed by atoms with Crippen molar-refractivity contribution in [1.29, 1.82) is 0 Å². The van der Waals surface area contributed by atoms with Gasteiger partial charge in [-0.2, -0.15) is 0 Å². The zero-order valence-electron chi connectivity index (χ0n) is 15.1. The molecule has 0 saturated heterocycles. The van der Waals surface area contributed by atoms with Gasteiger partial charge in [0, 0.05) is 19.7 Å². The van der Waals surface area contributed by atoms with Crippen molar-refractivity contribution in [2.45, 2.75) is 46.3 Å². The molecule has 1 fully saturated rings. The third kappa shape index (κ3) is 6.89. The largest absolute Gasteiger partial charge is 0.389 e. The summed E-state index contributed by atoms with van der Waals surface area (Å²) in [5.74, 6) is 1.44. The molecule has 1 aromatic carbocycles. The van der Waals surface area contributed by atoms with Gasteiger partial charge in [-0.15, -0.1) is 0 Å². The summed E-state index contributed by atoms with van der Waals surface area (Å²) >= 11 is 0. The molecule has 5 nitrogen and oxygen atoms in total. The molecule has 0 bridgehead atoms. The zero-order chi connectivity index (χ0) is 17.4. The molecule has 0 amide bonds. The number of aliphatic hydroxyl groups is 1. The van der Waals surface area contributed by atoms with Gasteiger partial charge in [0.2, 0.25) is 0 Å². The van der Waals surface area contributed by atoms with Crippen LogP contribution in [-0.4, -0.2) is 43.5 Å². The average Bonchev–Trinajstić information content (AvgIpc) is 3.35. The number of benzene rings is 1. The van der Waals surface area contributed by atoms with Gasteiger partial charge in [0.15, 0.2) is 5.96 Å². The Morgan fingerprint density at radius 3 is 2.79 bits per heavy atom. The van der Waals surface area contributed by atoms with Gasteiger partial charge in [0.25, 0.3) is 0 Å². The van der Waals surface area contributed by atoms with E-state index in [2.05, 4.69) is 47.7 Å². The molecule has 1 atom stereocenters. The van der Waals surface area contributed by atoms with Crippen LogP contribution in [0.5, 0.6) is 0 Å². The molecule has 0 radical (unpaired) electrons. The zero-order valence-corrected chi connectivity index (χ0v) is 15.1. The Morgan fingerprint density at radius 1 is 1.33 bits per heavy atom. The van der Waals surface area contributed by atoms with Gasteiger partial charge < -0.3 is 20.5 Å². The van der Waals surface area contributed by atoms with Gasteiger partial charge in [0.1, 0.15) is 0 Å². The predicted molar refractivity (Wildman–Crippen MR) is 98.3 cm³/mol. The van der Waals surface area contributed by atoms with Crippen LogP contribution in [0.2, 0.25) is 0 Å². The Balaban J connectivity index is 1.78. The fourth-order valence-corrected chi connectivity index (χ4v) is 2.46. The number of hydrogen-bond donors (Lipinski definition) is 3. The minimum absolute atomic E-state index is 0.375. The lowest BCUT2D eigenvalue weighted by molar-refractivity contribution is 0.0345. The second-order valence-corrected chi connectivity index (χ2v) is 6.64. The van der Waals surface area contributed by atoms with E-state index in [1.165, 1.54) is 29.5 Å². The van der Waals surface area contributed by atoms with Crippen LogP contribution in [0.3, 0.4) is 0 Å². The molecule has 0 heterocycles. The molecule has 1 unspecified atom stereocenters. The Bertz CT molecular complexity index is 541. The molecule has 2 rings (SSSR count). The lowest BCUT2D eigenvalue weighted by Crippen LogP contribution is -2.42. The summed E-state index contributed by atoms with van der Waals surface area (Å²) in [5.41, 5.74) is 3.73. The lowest BCUT2D eigenvalue weighted by Gasteiger charge is -2.15. The summed E-state index contributed by atoms with van der Waals surface area (Å²) in [5, 5.41) is 16.4. The molecule has 0 spiro atoms. The van der Waals surface area contributed by atoms with Gasteiger partial charge in [0.05, 0.1) is 19.3 Å². The molecule has 24 heavy (non-hydrogen) atoms. The normalized spacial score (nSPS) is 16.1. The number of aliphatic hydroxyl groups excluding tert-OH is 1.